The molecule has 4 saturated carbocycles. The van der Waals surface area contributed by atoms with Crippen LogP contribution >= 0.6 is 0 Å². The van der Waals surface area contributed by atoms with E-state index in [4.69, 9.17) is 0 Å². The molecule has 0 aromatic rings. The van der Waals surface area contributed by atoms with Gasteiger partial charge in [0, 0.05) is 11.8 Å². The zero-order chi connectivity index (χ0) is 22.8. The van der Waals surface area contributed by atoms with Crippen molar-refractivity contribution in [2.45, 2.75) is 120 Å². The minimum Gasteiger partial charge on any atom is -0.299 e. The number of carbonyl (C=O) groups is 1. The summed E-state index contributed by atoms with van der Waals surface area (Å²) in [5, 5.41) is 0. The highest BCUT2D eigenvalue weighted by molar-refractivity contribution is 5.85. The Kier molecular flexibility index (Phi) is 5.71. The molecule has 4 rings (SSSR count). The van der Waals surface area contributed by atoms with Gasteiger partial charge in [-0.15, -0.1) is 0 Å². The van der Waals surface area contributed by atoms with Crippen LogP contribution in [-0.2, 0) is 4.79 Å². The maximum Gasteiger partial charge on any atom is 0.138 e. The van der Waals surface area contributed by atoms with E-state index < -0.39 is 0 Å². The molecule has 4 aliphatic rings. The van der Waals surface area contributed by atoms with Gasteiger partial charge in [-0.25, -0.2) is 0 Å². The summed E-state index contributed by atoms with van der Waals surface area (Å²) in [4.78, 5) is 12.8. The third-order valence-corrected chi connectivity index (χ3v) is 11.6. The van der Waals surface area contributed by atoms with Crippen LogP contribution in [0.1, 0.15) is 120 Å². The number of fused-ring (bicyclic) bond motifs is 5. The first kappa shape index (κ1) is 23.3. The van der Waals surface area contributed by atoms with Gasteiger partial charge in [0.25, 0.3) is 0 Å². The average Bonchev–Trinajstić information content (AvgIpc) is 3.03. The summed E-state index contributed by atoms with van der Waals surface area (Å²) in [6, 6.07) is 0. The van der Waals surface area contributed by atoms with Crippen molar-refractivity contribution >= 4 is 5.78 Å². The summed E-state index contributed by atoms with van der Waals surface area (Å²) < 4.78 is 0. The lowest BCUT2D eigenvalue weighted by molar-refractivity contribution is -0.197. The maximum absolute atomic E-state index is 12.8. The molecule has 0 radical (unpaired) electrons. The van der Waals surface area contributed by atoms with Crippen molar-refractivity contribution in [2.75, 3.05) is 0 Å². The second-order valence-corrected chi connectivity index (χ2v) is 13.4. The summed E-state index contributed by atoms with van der Waals surface area (Å²) in [5.41, 5.74) is 6.02. The molecule has 0 amide bonds. The van der Waals surface area contributed by atoms with Crippen LogP contribution in [0.3, 0.4) is 0 Å². The maximum atomic E-state index is 12.8. The summed E-state index contributed by atoms with van der Waals surface area (Å²) in [6.07, 6.45) is 14.8. The molecule has 0 saturated heterocycles. The fourth-order valence-corrected chi connectivity index (χ4v) is 9.57. The van der Waals surface area contributed by atoms with Crippen molar-refractivity contribution in [3.05, 3.63) is 22.8 Å². The SMILES string of the molecule is CC(C)=CCCC(C)=C1CC[C@@]2(C)[C@H]1CC[C@H]1[C@@]3(C)CCC(=O)C(C)(C)[C@@H]3CC[C@@]12C. The van der Waals surface area contributed by atoms with Crippen molar-refractivity contribution < 1.29 is 4.79 Å². The van der Waals surface area contributed by atoms with E-state index in [1.807, 2.05) is 5.57 Å². The smallest absolute Gasteiger partial charge is 0.138 e. The van der Waals surface area contributed by atoms with Gasteiger partial charge in [-0.2, -0.15) is 0 Å². The van der Waals surface area contributed by atoms with Crippen molar-refractivity contribution in [2.24, 2.45) is 39.4 Å². The first-order chi connectivity index (χ1) is 14.4. The second-order valence-electron chi connectivity index (χ2n) is 13.4. The summed E-state index contributed by atoms with van der Waals surface area (Å²) in [7, 11) is 0. The molecule has 31 heavy (non-hydrogen) atoms. The molecule has 0 spiro atoms. The highest BCUT2D eigenvalue weighted by Crippen LogP contribution is 2.75. The van der Waals surface area contributed by atoms with Crippen LogP contribution in [0.15, 0.2) is 22.8 Å². The Hall–Kier alpha value is -0.850. The number of hydrogen-bond acceptors (Lipinski definition) is 1. The van der Waals surface area contributed by atoms with Gasteiger partial charge in [0.2, 0.25) is 0 Å². The average molecular weight is 425 g/mol. The first-order valence-corrected chi connectivity index (χ1v) is 13.2. The van der Waals surface area contributed by atoms with Crippen LogP contribution in [0.5, 0.6) is 0 Å². The molecule has 0 aromatic heterocycles. The third kappa shape index (κ3) is 3.26. The van der Waals surface area contributed by atoms with Crippen molar-refractivity contribution in [3.8, 4) is 0 Å². The van der Waals surface area contributed by atoms with E-state index in [1.165, 1.54) is 56.9 Å². The predicted molar refractivity (Wildman–Crippen MR) is 132 cm³/mol. The van der Waals surface area contributed by atoms with Gasteiger partial charge in [0.15, 0.2) is 0 Å². The first-order valence-electron chi connectivity index (χ1n) is 13.2. The van der Waals surface area contributed by atoms with Gasteiger partial charge >= 0.3 is 0 Å². The van der Waals surface area contributed by atoms with Gasteiger partial charge < -0.3 is 0 Å². The van der Waals surface area contributed by atoms with Crippen molar-refractivity contribution in [1.82, 2.24) is 0 Å². The third-order valence-electron chi connectivity index (χ3n) is 11.6. The van der Waals surface area contributed by atoms with E-state index in [1.54, 1.807) is 5.57 Å². The highest BCUT2D eigenvalue weighted by atomic mass is 16.1. The van der Waals surface area contributed by atoms with Gasteiger partial charge in [-0.05, 0) is 113 Å². The van der Waals surface area contributed by atoms with E-state index in [0.717, 1.165) is 24.7 Å². The monoisotopic (exact) mass is 424 g/mol. The molecule has 0 N–H and O–H groups in total. The van der Waals surface area contributed by atoms with E-state index in [0.29, 0.717) is 27.9 Å². The van der Waals surface area contributed by atoms with Gasteiger partial charge in [0.05, 0.1) is 0 Å². The molecule has 1 heteroatoms. The van der Waals surface area contributed by atoms with Gasteiger partial charge in [0.1, 0.15) is 5.78 Å². The van der Waals surface area contributed by atoms with Crippen LogP contribution in [0.25, 0.3) is 0 Å². The lowest BCUT2D eigenvalue weighted by Gasteiger charge is -2.68. The Labute approximate surface area is 192 Å². The Morgan fingerprint density at radius 2 is 1.58 bits per heavy atom. The van der Waals surface area contributed by atoms with E-state index in [2.05, 4.69) is 61.5 Å². The number of Topliss-reactive ketones (excluding diaryl/α,β-unsaturated/α-hetero) is 1. The van der Waals surface area contributed by atoms with Crippen LogP contribution in [-0.4, -0.2) is 5.78 Å². The fraction of sp³-hybridized carbons (Fsp3) is 0.833. The van der Waals surface area contributed by atoms with Crippen LogP contribution in [0, 0.1) is 39.4 Å². The number of allylic oxidation sites excluding steroid dienone is 4. The summed E-state index contributed by atoms with van der Waals surface area (Å²) in [6.45, 7) is 19.3. The van der Waals surface area contributed by atoms with Gasteiger partial charge in [-0.3, -0.25) is 4.79 Å². The largest absolute Gasteiger partial charge is 0.299 e. The number of hydrogen-bond donors (Lipinski definition) is 0. The molecule has 6 atom stereocenters. The molecule has 0 aliphatic heterocycles. The standard InChI is InChI=1S/C30H48O/c1-20(2)10-9-11-21(3)22-14-18-29(7)23(22)12-13-25-28(6)17-16-26(31)27(4,5)24(28)15-19-30(25,29)8/h10,23-25H,9,11-19H2,1-8H3/t23-,24-,25-,28-,29-,30-/m0/s1. The minimum absolute atomic E-state index is 0.131. The van der Waals surface area contributed by atoms with Crippen LogP contribution in [0.2, 0.25) is 0 Å². The van der Waals surface area contributed by atoms with Crippen LogP contribution in [0.4, 0.5) is 0 Å². The predicted octanol–water partition coefficient (Wildman–Crippen LogP) is 8.69. The van der Waals surface area contributed by atoms with Gasteiger partial charge in [-0.1, -0.05) is 57.4 Å². The quantitative estimate of drug-likeness (QED) is 0.414. The summed E-state index contributed by atoms with van der Waals surface area (Å²) in [5.74, 6) is 2.66. The van der Waals surface area contributed by atoms with E-state index in [-0.39, 0.29) is 5.41 Å². The normalized spacial score (nSPS) is 45.4. The second kappa shape index (κ2) is 7.59. The fourth-order valence-electron chi connectivity index (χ4n) is 9.57. The molecule has 0 bridgehead atoms. The Morgan fingerprint density at radius 1 is 0.871 bits per heavy atom. The zero-order valence-electron chi connectivity index (χ0n) is 21.8. The minimum atomic E-state index is -0.131. The van der Waals surface area contributed by atoms with E-state index in [9.17, 15) is 4.79 Å². The highest BCUT2D eigenvalue weighted by Gasteiger charge is 2.67. The lowest BCUT2D eigenvalue weighted by atomic mass is 9.36. The Morgan fingerprint density at radius 3 is 2.26 bits per heavy atom. The van der Waals surface area contributed by atoms with Crippen molar-refractivity contribution in [1.29, 1.82) is 0 Å². The molecule has 4 aliphatic carbocycles. The molecular weight excluding hydrogens is 376 g/mol. The molecule has 0 heterocycles. The van der Waals surface area contributed by atoms with Crippen molar-refractivity contribution in [3.63, 3.8) is 0 Å². The molecule has 174 valence electrons. The van der Waals surface area contributed by atoms with E-state index >= 15 is 0 Å². The Balaban J connectivity index is 1.65. The Bertz CT molecular complexity index is 808. The molecule has 4 fully saturated rings. The van der Waals surface area contributed by atoms with Crippen LogP contribution < -0.4 is 0 Å². The number of rotatable bonds is 3. The lowest BCUT2D eigenvalue weighted by Crippen LogP contribution is -2.63. The summed E-state index contributed by atoms with van der Waals surface area (Å²) >= 11 is 0. The molecule has 0 unspecified atom stereocenters. The molecule has 1 nitrogen and oxygen atoms in total. The number of ketones is 1. The number of carbonyl (C=O) groups excluding carboxylic acids is 1. The topological polar surface area (TPSA) is 17.1 Å². The molecular formula is C30H48O. The zero-order valence-corrected chi connectivity index (χ0v) is 21.8. The molecule has 0 aromatic carbocycles.